The largest absolute Gasteiger partial charge is 0.325 e. The molecule has 0 spiro atoms. The Morgan fingerprint density at radius 1 is 0.645 bits per heavy atom. The summed E-state index contributed by atoms with van der Waals surface area (Å²) in [4.78, 5) is 12.0. The van der Waals surface area contributed by atoms with Crippen LogP contribution in [-0.2, 0) is 4.79 Å². The molecular formula is C28H48BrNO. The first-order valence-electron chi connectivity index (χ1n) is 13.3. The minimum atomic E-state index is 0.124. The number of rotatable bonds is 21. The number of para-hydroxylation sites is 1. The fraction of sp³-hybridized carbons (Fsp3) is 0.750. The van der Waals surface area contributed by atoms with Crippen LogP contribution in [-0.4, -0.2) is 5.91 Å². The molecule has 0 unspecified atom stereocenters. The molecule has 0 fully saturated rings. The van der Waals surface area contributed by atoms with Crippen LogP contribution < -0.4 is 5.32 Å². The fourth-order valence-electron chi connectivity index (χ4n) is 4.14. The van der Waals surface area contributed by atoms with Gasteiger partial charge < -0.3 is 5.32 Å². The van der Waals surface area contributed by atoms with Gasteiger partial charge in [0.05, 0.1) is 5.69 Å². The number of carbonyl (C=O) groups excluding carboxylic acids is 1. The highest BCUT2D eigenvalue weighted by Crippen LogP contribution is 2.21. The third-order valence-electron chi connectivity index (χ3n) is 6.16. The van der Waals surface area contributed by atoms with E-state index in [1.807, 2.05) is 24.3 Å². The lowest BCUT2D eigenvalue weighted by molar-refractivity contribution is -0.116. The topological polar surface area (TPSA) is 29.1 Å². The number of amides is 1. The van der Waals surface area contributed by atoms with Gasteiger partial charge in [-0.1, -0.05) is 135 Å². The van der Waals surface area contributed by atoms with E-state index in [9.17, 15) is 4.79 Å². The van der Waals surface area contributed by atoms with Crippen molar-refractivity contribution in [3.63, 3.8) is 0 Å². The molecule has 1 rings (SSSR count). The van der Waals surface area contributed by atoms with Crippen LogP contribution in [0, 0.1) is 0 Å². The molecular weight excluding hydrogens is 446 g/mol. The molecule has 2 nitrogen and oxygen atoms in total. The second-order valence-corrected chi connectivity index (χ2v) is 10.00. The Morgan fingerprint density at radius 2 is 1.03 bits per heavy atom. The molecule has 1 aromatic rings. The molecule has 1 aromatic carbocycles. The van der Waals surface area contributed by atoms with E-state index >= 15 is 0 Å². The number of nitrogens with one attached hydrogen (secondary N) is 1. The van der Waals surface area contributed by atoms with Gasteiger partial charge in [-0.15, -0.1) is 0 Å². The molecule has 1 amide bonds. The second-order valence-electron chi connectivity index (χ2n) is 9.14. The van der Waals surface area contributed by atoms with E-state index in [1.165, 1.54) is 116 Å². The summed E-state index contributed by atoms with van der Waals surface area (Å²) >= 11 is 3.47. The monoisotopic (exact) mass is 493 g/mol. The number of unbranched alkanes of at least 4 members (excludes halogenated alkanes) is 18. The van der Waals surface area contributed by atoms with Crippen LogP contribution in [0.4, 0.5) is 5.69 Å². The normalized spacial score (nSPS) is 11.0. The van der Waals surface area contributed by atoms with Gasteiger partial charge in [-0.05, 0) is 34.5 Å². The Kier molecular flexibility index (Phi) is 19.1. The standard InChI is InChI=1S/C28H48BrNO/c1-2-3-4-5-6-7-8-9-10-11-12-13-14-15-16-17-18-19-20-25-28(31)30-27-24-22-21-23-26(27)29/h21-24H,2-20,25H2,1H3,(H,30,31). The molecule has 0 radical (unpaired) electrons. The van der Waals surface area contributed by atoms with E-state index in [-0.39, 0.29) is 5.91 Å². The van der Waals surface area contributed by atoms with E-state index < -0.39 is 0 Å². The summed E-state index contributed by atoms with van der Waals surface area (Å²) < 4.78 is 0.941. The lowest BCUT2D eigenvalue weighted by Crippen LogP contribution is -2.11. The average Bonchev–Trinajstić information content (AvgIpc) is 2.77. The zero-order valence-corrected chi connectivity index (χ0v) is 21.8. The molecule has 0 atom stereocenters. The first-order valence-corrected chi connectivity index (χ1v) is 14.1. The van der Waals surface area contributed by atoms with Crippen molar-refractivity contribution in [2.45, 2.75) is 135 Å². The van der Waals surface area contributed by atoms with Crippen LogP contribution in [0.15, 0.2) is 28.7 Å². The maximum Gasteiger partial charge on any atom is 0.224 e. The van der Waals surface area contributed by atoms with E-state index in [4.69, 9.17) is 0 Å². The number of anilines is 1. The highest BCUT2D eigenvalue weighted by molar-refractivity contribution is 9.10. The smallest absolute Gasteiger partial charge is 0.224 e. The Labute approximate surface area is 201 Å². The maximum atomic E-state index is 12.0. The van der Waals surface area contributed by atoms with Gasteiger partial charge in [0, 0.05) is 10.9 Å². The van der Waals surface area contributed by atoms with Gasteiger partial charge in [0.15, 0.2) is 0 Å². The van der Waals surface area contributed by atoms with Crippen LogP contribution >= 0.6 is 15.9 Å². The van der Waals surface area contributed by atoms with Crippen molar-refractivity contribution in [3.05, 3.63) is 28.7 Å². The first-order chi connectivity index (χ1) is 15.2. The first kappa shape index (κ1) is 28.2. The summed E-state index contributed by atoms with van der Waals surface area (Å²) in [5.41, 5.74) is 0.866. The van der Waals surface area contributed by atoms with E-state index in [0.717, 1.165) is 16.6 Å². The molecule has 0 aromatic heterocycles. The number of halogens is 1. The minimum absolute atomic E-state index is 0.124. The predicted octanol–water partition coefficient (Wildman–Crippen LogP) is 10.2. The Bertz CT molecular complexity index is 546. The average molecular weight is 495 g/mol. The van der Waals surface area contributed by atoms with Crippen LogP contribution in [0.25, 0.3) is 0 Å². The third-order valence-corrected chi connectivity index (χ3v) is 6.85. The van der Waals surface area contributed by atoms with Crippen molar-refractivity contribution >= 4 is 27.5 Å². The number of hydrogen-bond acceptors (Lipinski definition) is 1. The van der Waals surface area contributed by atoms with Gasteiger partial charge in [0.25, 0.3) is 0 Å². The Morgan fingerprint density at radius 3 is 1.45 bits per heavy atom. The van der Waals surface area contributed by atoms with Crippen LogP contribution in [0.1, 0.15) is 135 Å². The van der Waals surface area contributed by atoms with Gasteiger partial charge in [-0.2, -0.15) is 0 Å². The van der Waals surface area contributed by atoms with Gasteiger partial charge in [0.2, 0.25) is 5.91 Å². The van der Waals surface area contributed by atoms with Crippen molar-refractivity contribution in [2.24, 2.45) is 0 Å². The quantitative estimate of drug-likeness (QED) is 0.169. The van der Waals surface area contributed by atoms with Crippen molar-refractivity contribution in [1.82, 2.24) is 0 Å². The Balaban J connectivity index is 1.76. The molecule has 0 aliphatic heterocycles. The van der Waals surface area contributed by atoms with Gasteiger partial charge in [0.1, 0.15) is 0 Å². The summed E-state index contributed by atoms with van der Waals surface area (Å²) in [6.45, 7) is 2.29. The number of hydrogen-bond donors (Lipinski definition) is 1. The zero-order chi connectivity index (χ0) is 22.4. The molecule has 3 heteroatoms. The molecule has 178 valence electrons. The maximum absolute atomic E-state index is 12.0. The lowest BCUT2D eigenvalue weighted by Gasteiger charge is -2.07. The molecule has 0 heterocycles. The summed E-state index contributed by atoms with van der Waals surface area (Å²) in [6.07, 6.45) is 26.8. The SMILES string of the molecule is CCCCCCCCCCCCCCCCCCCCCC(=O)Nc1ccccc1Br. The molecule has 1 N–H and O–H groups in total. The van der Waals surface area contributed by atoms with E-state index in [2.05, 4.69) is 28.2 Å². The van der Waals surface area contributed by atoms with Crippen molar-refractivity contribution in [1.29, 1.82) is 0 Å². The third kappa shape index (κ3) is 17.4. The second kappa shape index (κ2) is 21.0. The zero-order valence-electron chi connectivity index (χ0n) is 20.2. The lowest BCUT2D eigenvalue weighted by atomic mass is 10.0. The van der Waals surface area contributed by atoms with Crippen LogP contribution in [0.3, 0.4) is 0 Å². The summed E-state index contributed by atoms with van der Waals surface area (Å²) in [6, 6.07) is 7.78. The number of benzene rings is 1. The summed E-state index contributed by atoms with van der Waals surface area (Å²) in [7, 11) is 0. The highest BCUT2D eigenvalue weighted by atomic mass is 79.9. The molecule has 0 aliphatic carbocycles. The number of carbonyl (C=O) groups is 1. The molecule has 0 aliphatic rings. The van der Waals surface area contributed by atoms with Gasteiger partial charge in [-0.3, -0.25) is 4.79 Å². The molecule has 0 bridgehead atoms. The van der Waals surface area contributed by atoms with E-state index in [1.54, 1.807) is 0 Å². The predicted molar refractivity (Wildman–Crippen MR) is 141 cm³/mol. The van der Waals surface area contributed by atoms with Crippen LogP contribution in [0.5, 0.6) is 0 Å². The van der Waals surface area contributed by atoms with Gasteiger partial charge in [-0.25, -0.2) is 0 Å². The van der Waals surface area contributed by atoms with Gasteiger partial charge >= 0.3 is 0 Å². The summed E-state index contributed by atoms with van der Waals surface area (Å²) in [5.74, 6) is 0.124. The fourth-order valence-corrected chi connectivity index (χ4v) is 4.52. The molecule has 31 heavy (non-hydrogen) atoms. The molecule has 0 saturated heterocycles. The van der Waals surface area contributed by atoms with E-state index in [0.29, 0.717) is 6.42 Å². The molecule has 0 saturated carbocycles. The van der Waals surface area contributed by atoms with Crippen molar-refractivity contribution < 1.29 is 4.79 Å². The van der Waals surface area contributed by atoms with Crippen molar-refractivity contribution in [2.75, 3.05) is 5.32 Å². The minimum Gasteiger partial charge on any atom is -0.325 e. The highest BCUT2D eigenvalue weighted by Gasteiger charge is 2.04. The Hall–Kier alpha value is -0.830. The van der Waals surface area contributed by atoms with Crippen LogP contribution in [0.2, 0.25) is 0 Å². The van der Waals surface area contributed by atoms with Crippen molar-refractivity contribution in [3.8, 4) is 0 Å². The summed E-state index contributed by atoms with van der Waals surface area (Å²) in [5, 5.41) is 2.98.